The molecule has 0 saturated carbocycles. The SMILES string of the molecule is CCc1ccsc1P([N]P(c1sccc1CC)c1sccc1CC)c1sccc1CC. The van der Waals surface area contributed by atoms with Gasteiger partial charge in [0, 0.05) is 0 Å². The van der Waals surface area contributed by atoms with Crippen molar-refractivity contribution in [1.29, 1.82) is 0 Å². The second-order valence-electron chi connectivity index (χ2n) is 7.13. The van der Waals surface area contributed by atoms with E-state index in [0.29, 0.717) is 0 Å². The minimum Gasteiger partial charge on any atom is -0.169 e. The van der Waals surface area contributed by atoms with Crippen molar-refractivity contribution in [3.63, 3.8) is 0 Å². The zero-order valence-electron chi connectivity index (χ0n) is 18.4. The van der Waals surface area contributed by atoms with E-state index in [9.17, 15) is 0 Å². The second-order valence-corrected chi connectivity index (χ2v) is 15.8. The summed E-state index contributed by atoms with van der Waals surface area (Å²) in [5.41, 5.74) is 5.92. The maximum atomic E-state index is 5.85. The van der Waals surface area contributed by atoms with Crippen LogP contribution >= 0.6 is 61.5 Å². The van der Waals surface area contributed by atoms with Crippen molar-refractivity contribution in [2.75, 3.05) is 0 Å². The lowest BCUT2D eigenvalue weighted by Crippen LogP contribution is -2.24. The zero-order valence-corrected chi connectivity index (χ0v) is 23.5. The van der Waals surface area contributed by atoms with Crippen LogP contribution in [0, 0.1) is 0 Å². The highest BCUT2D eigenvalue weighted by molar-refractivity contribution is 7.92. The van der Waals surface area contributed by atoms with E-state index in [4.69, 9.17) is 4.86 Å². The van der Waals surface area contributed by atoms with Gasteiger partial charge in [-0.2, -0.15) is 4.86 Å². The summed E-state index contributed by atoms with van der Waals surface area (Å²) in [4.78, 5) is 5.85. The van der Waals surface area contributed by atoms with Crippen molar-refractivity contribution in [2.24, 2.45) is 0 Å². The first-order chi connectivity index (χ1) is 15.2. The summed E-state index contributed by atoms with van der Waals surface area (Å²) in [6.45, 7) is 9.11. The molecular formula is C24H28NP2S4. The molecule has 0 unspecified atom stereocenters. The Morgan fingerprint density at radius 1 is 0.516 bits per heavy atom. The van der Waals surface area contributed by atoms with E-state index in [1.165, 1.54) is 40.7 Å². The molecule has 0 aliphatic carbocycles. The largest absolute Gasteiger partial charge is 0.169 e. The highest BCUT2D eigenvalue weighted by Crippen LogP contribution is 2.50. The van der Waals surface area contributed by atoms with E-state index < -0.39 is 16.1 Å². The number of nitrogens with zero attached hydrogens (tertiary/aromatic N) is 1. The predicted molar refractivity (Wildman–Crippen MR) is 149 cm³/mol. The van der Waals surface area contributed by atoms with Gasteiger partial charge in [-0.05, 0) is 93.7 Å². The number of hydrogen-bond acceptors (Lipinski definition) is 4. The van der Waals surface area contributed by atoms with Gasteiger partial charge in [-0.1, -0.05) is 27.7 Å². The molecule has 1 radical (unpaired) electrons. The molecule has 0 fully saturated rings. The van der Waals surface area contributed by atoms with E-state index >= 15 is 0 Å². The Morgan fingerprint density at radius 2 is 0.774 bits per heavy atom. The molecule has 163 valence electrons. The fourth-order valence-electron chi connectivity index (χ4n) is 3.57. The van der Waals surface area contributed by atoms with Gasteiger partial charge < -0.3 is 0 Å². The molecule has 0 amide bonds. The molecule has 1 nitrogen and oxygen atoms in total. The van der Waals surface area contributed by atoms with Gasteiger partial charge in [0.2, 0.25) is 0 Å². The fourth-order valence-corrected chi connectivity index (χ4v) is 16.0. The Bertz CT molecular complexity index is 935. The lowest BCUT2D eigenvalue weighted by Gasteiger charge is -2.25. The summed E-state index contributed by atoms with van der Waals surface area (Å²) in [5, 5.41) is 9.08. The topological polar surface area (TPSA) is 14.1 Å². The van der Waals surface area contributed by atoms with E-state index in [2.05, 4.69) is 73.5 Å². The highest BCUT2D eigenvalue weighted by atomic mass is 32.1. The summed E-state index contributed by atoms with van der Waals surface area (Å²) in [7, 11) is -1.42. The van der Waals surface area contributed by atoms with Gasteiger partial charge in [0.1, 0.15) is 0 Å². The third-order valence-electron chi connectivity index (χ3n) is 5.37. The molecule has 0 atom stereocenters. The van der Waals surface area contributed by atoms with E-state index in [1.54, 1.807) is 0 Å². The molecular weight excluding hydrogens is 492 g/mol. The number of thiophene rings is 4. The van der Waals surface area contributed by atoms with Gasteiger partial charge in [0.05, 0.1) is 34.6 Å². The van der Waals surface area contributed by atoms with Crippen molar-refractivity contribution >= 4 is 80.0 Å². The first kappa shape index (κ1) is 23.8. The molecule has 0 spiro atoms. The van der Waals surface area contributed by atoms with Crippen LogP contribution < -0.4 is 23.3 Å². The molecule has 4 aromatic rings. The van der Waals surface area contributed by atoms with Crippen LogP contribution in [0.1, 0.15) is 49.9 Å². The maximum Gasteiger partial charge on any atom is 0.0707 e. The third kappa shape index (κ3) is 4.94. The average Bonchev–Trinajstić information content (AvgIpc) is 3.60. The molecule has 0 aromatic carbocycles. The molecule has 0 saturated heterocycles. The van der Waals surface area contributed by atoms with Crippen LogP contribution in [0.15, 0.2) is 45.8 Å². The summed E-state index contributed by atoms with van der Waals surface area (Å²) in [6, 6.07) is 9.27. The fraction of sp³-hybridized carbons (Fsp3) is 0.333. The smallest absolute Gasteiger partial charge is 0.0707 e. The second kappa shape index (κ2) is 11.2. The van der Waals surface area contributed by atoms with Gasteiger partial charge in [-0.25, -0.2) is 0 Å². The molecule has 0 aliphatic heterocycles. The molecule has 4 rings (SSSR count). The number of rotatable bonds is 10. The summed E-state index contributed by atoms with van der Waals surface area (Å²) >= 11 is 7.66. The maximum absolute atomic E-state index is 5.85. The first-order valence-corrected chi connectivity index (χ1v) is 16.9. The van der Waals surface area contributed by atoms with Crippen LogP contribution in [-0.2, 0) is 25.7 Å². The lowest BCUT2D eigenvalue weighted by molar-refractivity contribution is 1.16. The van der Waals surface area contributed by atoms with Gasteiger partial charge >= 0.3 is 0 Å². The van der Waals surface area contributed by atoms with Crippen LogP contribution in [0.2, 0.25) is 0 Å². The van der Waals surface area contributed by atoms with Crippen LogP contribution in [-0.4, -0.2) is 0 Å². The zero-order chi connectivity index (χ0) is 21.8. The molecule has 31 heavy (non-hydrogen) atoms. The van der Waals surface area contributed by atoms with Crippen molar-refractivity contribution in [3.05, 3.63) is 68.0 Å². The van der Waals surface area contributed by atoms with Crippen LogP contribution in [0.25, 0.3) is 0 Å². The monoisotopic (exact) mass is 520 g/mol. The minimum absolute atomic E-state index is 0.709. The minimum atomic E-state index is -0.709. The third-order valence-corrected chi connectivity index (χ3v) is 15.9. The summed E-state index contributed by atoms with van der Waals surface area (Å²) < 4.78 is 6.02. The predicted octanol–water partition coefficient (Wildman–Crippen LogP) is 7.18. The van der Waals surface area contributed by atoms with Crippen molar-refractivity contribution in [2.45, 2.75) is 53.4 Å². The van der Waals surface area contributed by atoms with Crippen molar-refractivity contribution < 1.29 is 0 Å². The first-order valence-electron chi connectivity index (χ1n) is 10.8. The van der Waals surface area contributed by atoms with E-state index in [0.717, 1.165) is 25.7 Å². The van der Waals surface area contributed by atoms with Crippen molar-refractivity contribution in [1.82, 2.24) is 4.86 Å². The van der Waals surface area contributed by atoms with E-state index in [1.807, 2.05) is 45.3 Å². The average molecular weight is 521 g/mol. The van der Waals surface area contributed by atoms with Gasteiger partial charge in [0.25, 0.3) is 0 Å². The van der Waals surface area contributed by atoms with Gasteiger partial charge in [0.15, 0.2) is 0 Å². The molecule has 0 bridgehead atoms. The summed E-state index contributed by atoms with van der Waals surface area (Å²) in [6.07, 6.45) is 4.32. The molecule has 4 heterocycles. The Kier molecular flexibility index (Phi) is 8.56. The Hall–Kier alpha value is -0.380. The quantitative estimate of drug-likeness (QED) is 0.197. The number of hydrogen-bond donors (Lipinski definition) is 0. The van der Waals surface area contributed by atoms with Gasteiger partial charge in [-0.3, -0.25) is 0 Å². The van der Waals surface area contributed by atoms with E-state index in [-0.39, 0.29) is 0 Å². The Balaban J connectivity index is 1.85. The van der Waals surface area contributed by atoms with Crippen LogP contribution in [0.3, 0.4) is 0 Å². The number of aryl methyl sites for hydroxylation is 4. The molecule has 7 heteroatoms. The summed E-state index contributed by atoms with van der Waals surface area (Å²) in [5.74, 6) is 0. The highest BCUT2D eigenvalue weighted by Gasteiger charge is 2.31. The van der Waals surface area contributed by atoms with Crippen LogP contribution in [0.5, 0.6) is 0 Å². The standard InChI is InChI=1S/C24H28NP2S4/c1-5-17-9-13-28-21(17)26(22-18(6-2)10-14-29-22)25-27(23-19(7-3)11-15-30-23)24-20(8-4)12-16-31-24/h9-16H,5-8H2,1-4H3. The van der Waals surface area contributed by atoms with Crippen molar-refractivity contribution in [3.8, 4) is 0 Å². The molecule has 4 aromatic heterocycles. The molecule has 0 N–H and O–H groups in total. The normalized spacial score (nSPS) is 11.8. The molecule has 0 aliphatic rings. The van der Waals surface area contributed by atoms with Crippen LogP contribution in [0.4, 0.5) is 0 Å². The van der Waals surface area contributed by atoms with Gasteiger partial charge in [-0.15, -0.1) is 45.3 Å². The Morgan fingerprint density at radius 3 is 1.00 bits per heavy atom. The Labute approximate surface area is 205 Å². The lowest BCUT2D eigenvalue weighted by atomic mass is 10.3.